The molecule has 4 N–H and O–H groups in total. The van der Waals surface area contributed by atoms with Crippen molar-refractivity contribution < 1.29 is 33.8 Å². The maximum atomic E-state index is 13.1. The Morgan fingerprint density at radius 3 is 1.91 bits per heavy atom. The average molecular weight is 500 g/mol. The van der Waals surface area contributed by atoms with Crippen molar-refractivity contribution in [2.24, 2.45) is 11.8 Å². The van der Waals surface area contributed by atoms with Gasteiger partial charge < -0.3 is 25.8 Å². The summed E-state index contributed by atoms with van der Waals surface area (Å²) in [5, 5.41) is 17.1. The number of ether oxygens (including phenoxy) is 1. The van der Waals surface area contributed by atoms with Crippen LogP contribution in [0.2, 0.25) is 0 Å². The first-order valence-electron chi connectivity index (χ1n) is 12.5. The minimum Gasteiger partial charge on any atom is -0.481 e. The minimum atomic E-state index is -1.18. The summed E-state index contributed by atoms with van der Waals surface area (Å²) in [6.07, 6.45) is 1.98. The Morgan fingerprint density at radius 2 is 1.43 bits per heavy atom. The average Bonchev–Trinajstić information content (AvgIpc) is 2.77. The van der Waals surface area contributed by atoms with Crippen LogP contribution in [0.15, 0.2) is 0 Å². The molecule has 0 fully saturated rings. The Kier molecular flexibility index (Phi) is 15.8. The maximum Gasteiger partial charge on any atom is 0.303 e. The molecule has 0 heterocycles. The van der Waals surface area contributed by atoms with Crippen molar-refractivity contribution >= 4 is 29.5 Å². The SMILES string of the molecule is CCCCCC(=O)NC(C(=O)NC(CCC(=O)O)C(=O)NC(CC(C)C)C(=O)C(C)OC)C(C)C. The monoisotopic (exact) mass is 499 g/mol. The molecule has 0 radical (unpaired) electrons. The van der Waals surface area contributed by atoms with Crippen LogP contribution in [0, 0.1) is 11.8 Å². The summed E-state index contributed by atoms with van der Waals surface area (Å²) in [6.45, 7) is 11.0. The maximum absolute atomic E-state index is 13.1. The molecular formula is C25H45N3O7. The molecule has 0 aliphatic heterocycles. The number of methoxy groups -OCH3 is 1. The van der Waals surface area contributed by atoms with Gasteiger partial charge in [0.05, 0.1) is 6.04 Å². The summed E-state index contributed by atoms with van der Waals surface area (Å²) in [4.78, 5) is 62.3. The van der Waals surface area contributed by atoms with Gasteiger partial charge in [-0.05, 0) is 38.0 Å². The van der Waals surface area contributed by atoms with Crippen LogP contribution in [-0.4, -0.2) is 65.9 Å². The molecule has 35 heavy (non-hydrogen) atoms. The van der Waals surface area contributed by atoms with Crippen LogP contribution in [0.5, 0.6) is 0 Å². The minimum absolute atomic E-state index is 0.0913. The Morgan fingerprint density at radius 1 is 0.829 bits per heavy atom. The van der Waals surface area contributed by atoms with E-state index in [-0.39, 0.29) is 36.4 Å². The van der Waals surface area contributed by atoms with Crippen molar-refractivity contribution in [2.45, 2.75) is 111 Å². The first-order chi connectivity index (χ1) is 16.3. The fourth-order valence-corrected chi connectivity index (χ4v) is 3.50. The third-order valence-corrected chi connectivity index (χ3v) is 5.67. The van der Waals surface area contributed by atoms with Gasteiger partial charge in [0.15, 0.2) is 5.78 Å². The highest BCUT2D eigenvalue weighted by Crippen LogP contribution is 2.11. The molecule has 0 aromatic rings. The normalized spacial score (nSPS) is 14.7. The molecule has 0 aliphatic carbocycles. The topological polar surface area (TPSA) is 151 Å². The summed E-state index contributed by atoms with van der Waals surface area (Å²) in [5.74, 6) is -3.08. The van der Waals surface area contributed by atoms with Gasteiger partial charge in [0.25, 0.3) is 0 Å². The van der Waals surface area contributed by atoms with Crippen molar-refractivity contribution in [1.82, 2.24) is 16.0 Å². The van der Waals surface area contributed by atoms with Gasteiger partial charge in [-0.15, -0.1) is 0 Å². The van der Waals surface area contributed by atoms with Gasteiger partial charge in [0, 0.05) is 20.0 Å². The van der Waals surface area contributed by atoms with Gasteiger partial charge in [-0.3, -0.25) is 24.0 Å². The van der Waals surface area contributed by atoms with Gasteiger partial charge in [-0.25, -0.2) is 0 Å². The number of ketones is 1. The molecule has 0 saturated heterocycles. The number of nitrogens with one attached hydrogen (secondary N) is 3. The molecule has 0 bridgehead atoms. The zero-order valence-corrected chi connectivity index (χ0v) is 22.3. The molecule has 0 rings (SSSR count). The number of carbonyl (C=O) groups excluding carboxylic acids is 4. The van der Waals surface area contributed by atoms with E-state index < -0.39 is 42.0 Å². The molecular weight excluding hydrogens is 454 g/mol. The fraction of sp³-hybridized carbons (Fsp3) is 0.800. The van der Waals surface area contributed by atoms with Crippen LogP contribution >= 0.6 is 0 Å². The molecule has 4 unspecified atom stereocenters. The van der Waals surface area contributed by atoms with E-state index >= 15 is 0 Å². The van der Waals surface area contributed by atoms with Gasteiger partial charge in [0.2, 0.25) is 17.7 Å². The third-order valence-electron chi connectivity index (χ3n) is 5.67. The molecule has 0 spiro atoms. The number of hydrogen-bond donors (Lipinski definition) is 4. The van der Waals surface area contributed by atoms with Crippen molar-refractivity contribution in [2.75, 3.05) is 7.11 Å². The predicted octanol–water partition coefficient (Wildman–Crippen LogP) is 2.19. The van der Waals surface area contributed by atoms with Gasteiger partial charge in [-0.1, -0.05) is 47.5 Å². The van der Waals surface area contributed by atoms with Gasteiger partial charge in [-0.2, -0.15) is 0 Å². The summed E-state index contributed by atoms with van der Waals surface area (Å²) in [5.41, 5.74) is 0. The zero-order chi connectivity index (χ0) is 27.1. The number of rotatable bonds is 18. The number of amides is 3. The second kappa shape index (κ2) is 17.0. The van der Waals surface area contributed by atoms with Gasteiger partial charge in [0.1, 0.15) is 18.2 Å². The predicted molar refractivity (Wildman–Crippen MR) is 133 cm³/mol. The van der Waals surface area contributed by atoms with Crippen LogP contribution in [0.3, 0.4) is 0 Å². The number of aliphatic carboxylic acids is 1. The smallest absolute Gasteiger partial charge is 0.303 e. The van der Waals surface area contributed by atoms with Crippen LogP contribution < -0.4 is 16.0 Å². The molecule has 0 aromatic carbocycles. The highest BCUT2D eigenvalue weighted by Gasteiger charge is 2.32. The molecule has 202 valence electrons. The first kappa shape index (κ1) is 32.5. The number of hydrogen-bond acceptors (Lipinski definition) is 6. The number of carbonyl (C=O) groups is 5. The van der Waals surface area contributed by atoms with Crippen LogP contribution in [0.25, 0.3) is 0 Å². The highest BCUT2D eigenvalue weighted by atomic mass is 16.5. The quantitative estimate of drug-likeness (QED) is 0.211. The lowest BCUT2D eigenvalue weighted by Crippen LogP contribution is -2.57. The highest BCUT2D eigenvalue weighted by molar-refractivity contribution is 5.96. The van der Waals surface area contributed by atoms with Crippen molar-refractivity contribution in [3.8, 4) is 0 Å². The number of unbranched alkanes of at least 4 members (excludes halogenated alkanes) is 2. The Labute approximate surface area is 209 Å². The van der Waals surface area contributed by atoms with E-state index in [1.54, 1.807) is 20.8 Å². The number of Topliss-reactive ketones (excluding diaryl/α,β-unsaturated/α-hetero) is 1. The van der Waals surface area contributed by atoms with Crippen molar-refractivity contribution in [3.63, 3.8) is 0 Å². The Balaban J connectivity index is 5.57. The molecule has 0 aromatic heterocycles. The van der Waals surface area contributed by atoms with E-state index in [0.717, 1.165) is 12.8 Å². The molecule has 10 nitrogen and oxygen atoms in total. The lowest BCUT2D eigenvalue weighted by atomic mass is 9.97. The van der Waals surface area contributed by atoms with Crippen LogP contribution in [0.4, 0.5) is 0 Å². The molecule has 4 atom stereocenters. The summed E-state index contributed by atoms with van der Waals surface area (Å²) in [7, 11) is 1.40. The van der Waals surface area contributed by atoms with E-state index in [2.05, 4.69) is 16.0 Å². The third kappa shape index (κ3) is 13.2. The molecule has 0 aliphatic rings. The Bertz CT molecular complexity index is 709. The summed E-state index contributed by atoms with van der Waals surface area (Å²) >= 11 is 0. The Hall–Kier alpha value is -2.49. The van der Waals surface area contributed by atoms with Crippen molar-refractivity contribution in [3.05, 3.63) is 0 Å². The van der Waals surface area contributed by atoms with E-state index in [1.807, 2.05) is 20.8 Å². The lowest BCUT2D eigenvalue weighted by Gasteiger charge is -2.27. The standard InChI is InChI=1S/C25H45N3O7/c1-8-9-10-11-20(29)28-22(16(4)5)25(34)26-18(12-13-21(30)31)24(33)27-19(14-15(2)3)23(32)17(6)35-7/h15-19,22H,8-14H2,1-7H3,(H,26,34)(H,27,33)(H,28,29)(H,30,31). The van der Waals surface area contributed by atoms with Gasteiger partial charge >= 0.3 is 5.97 Å². The van der Waals surface area contributed by atoms with E-state index in [9.17, 15) is 24.0 Å². The number of carboxylic acid groups (broad SMARTS) is 1. The largest absolute Gasteiger partial charge is 0.481 e. The van der Waals surface area contributed by atoms with Crippen molar-refractivity contribution in [1.29, 1.82) is 0 Å². The zero-order valence-electron chi connectivity index (χ0n) is 22.3. The molecule has 10 heteroatoms. The molecule has 0 saturated carbocycles. The summed E-state index contributed by atoms with van der Waals surface area (Å²) in [6, 6.07) is -2.91. The van der Waals surface area contributed by atoms with Crippen LogP contribution in [0.1, 0.15) is 86.5 Å². The summed E-state index contributed by atoms with van der Waals surface area (Å²) < 4.78 is 5.10. The van der Waals surface area contributed by atoms with E-state index in [4.69, 9.17) is 9.84 Å². The number of carboxylic acids is 1. The fourth-order valence-electron chi connectivity index (χ4n) is 3.50. The second-order valence-electron chi connectivity index (χ2n) is 9.71. The van der Waals surface area contributed by atoms with Crippen LogP contribution in [-0.2, 0) is 28.7 Å². The second-order valence-corrected chi connectivity index (χ2v) is 9.71. The molecule has 3 amide bonds. The van der Waals surface area contributed by atoms with E-state index in [1.165, 1.54) is 7.11 Å². The lowest BCUT2D eigenvalue weighted by molar-refractivity contribution is -0.139. The first-order valence-corrected chi connectivity index (χ1v) is 12.5. The van der Waals surface area contributed by atoms with E-state index in [0.29, 0.717) is 19.3 Å².